The van der Waals surface area contributed by atoms with Crippen molar-refractivity contribution in [3.05, 3.63) is 0 Å². The van der Waals surface area contributed by atoms with Crippen molar-refractivity contribution in [3.8, 4) is 0 Å². The first-order valence-electron chi connectivity index (χ1n) is 2.99. The third-order valence-electron chi connectivity index (χ3n) is 0.711. The molecular weight excluding hydrogens is 150 g/mol. The highest BCUT2D eigenvalue weighted by atomic mass is 28.4. The third kappa shape index (κ3) is 6.20. The van der Waals surface area contributed by atoms with Crippen LogP contribution in [0.15, 0.2) is 0 Å². The minimum atomic E-state index is -1.47. The van der Waals surface area contributed by atoms with Gasteiger partial charge >= 0.3 is 9.28 Å². The van der Waals surface area contributed by atoms with E-state index in [4.69, 9.17) is 10.0 Å². The largest absolute Gasteiger partial charge is 0.438 e. The van der Waals surface area contributed by atoms with Gasteiger partial charge in [-0.25, -0.2) is 5.90 Å². The van der Waals surface area contributed by atoms with Crippen LogP contribution in [0, 0.1) is 0 Å². The third-order valence-corrected chi connectivity index (χ3v) is 5.25. The van der Waals surface area contributed by atoms with Crippen LogP contribution in [-0.4, -0.2) is 17.6 Å². The standard InChI is InChI=1S/C4H15NO2Si2/c1-8(6-5)7-9(2,3)4/h8H,5H2,1-4H3. The van der Waals surface area contributed by atoms with Gasteiger partial charge in [0.05, 0.1) is 0 Å². The monoisotopic (exact) mass is 165 g/mol. The predicted molar refractivity (Wildman–Crippen MR) is 42.7 cm³/mol. The van der Waals surface area contributed by atoms with Crippen LogP contribution in [0.2, 0.25) is 26.2 Å². The molecule has 0 aliphatic heterocycles. The first-order chi connectivity index (χ1) is 3.95. The van der Waals surface area contributed by atoms with E-state index in [0.29, 0.717) is 0 Å². The molecule has 0 aliphatic rings. The summed E-state index contributed by atoms with van der Waals surface area (Å²) in [5.74, 6) is 4.94. The molecule has 9 heavy (non-hydrogen) atoms. The summed E-state index contributed by atoms with van der Waals surface area (Å²) in [6.07, 6.45) is 0. The molecule has 0 aromatic heterocycles. The van der Waals surface area contributed by atoms with E-state index in [1.165, 1.54) is 0 Å². The molecule has 0 radical (unpaired) electrons. The second-order valence-corrected chi connectivity index (χ2v) is 9.51. The van der Waals surface area contributed by atoms with Crippen LogP contribution < -0.4 is 5.90 Å². The molecule has 1 unspecified atom stereocenters. The van der Waals surface area contributed by atoms with Crippen molar-refractivity contribution < 1.29 is 8.64 Å². The van der Waals surface area contributed by atoms with E-state index in [1.807, 2.05) is 6.55 Å². The second-order valence-electron chi connectivity index (χ2n) is 2.93. The van der Waals surface area contributed by atoms with Crippen LogP contribution in [0.1, 0.15) is 0 Å². The molecule has 0 saturated carbocycles. The summed E-state index contributed by atoms with van der Waals surface area (Å²) in [4.78, 5) is 0. The van der Waals surface area contributed by atoms with E-state index in [0.717, 1.165) is 0 Å². The zero-order chi connectivity index (χ0) is 7.49. The maximum atomic E-state index is 5.52. The van der Waals surface area contributed by atoms with Gasteiger partial charge in [-0.2, -0.15) is 0 Å². The Labute approximate surface area is 59.1 Å². The molecule has 0 aromatic carbocycles. The first kappa shape index (κ1) is 9.31. The van der Waals surface area contributed by atoms with Gasteiger partial charge in [0, 0.05) is 0 Å². The Morgan fingerprint density at radius 2 is 1.78 bits per heavy atom. The Morgan fingerprint density at radius 1 is 1.33 bits per heavy atom. The molecule has 3 nitrogen and oxygen atoms in total. The van der Waals surface area contributed by atoms with Gasteiger partial charge in [0.15, 0.2) is 8.32 Å². The SMILES string of the molecule is C[SiH](ON)O[Si](C)(C)C. The summed E-state index contributed by atoms with van der Waals surface area (Å²) in [6.45, 7) is 8.29. The molecular formula is C4H15NO2Si2. The van der Waals surface area contributed by atoms with Crippen molar-refractivity contribution in [3.63, 3.8) is 0 Å². The number of hydrogen-bond donors (Lipinski definition) is 1. The smallest absolute Gasteiger partial charge is 0.328 e. The fourth-order valence-electron chi connectivity index (χ4n) is 0.526. The van der Waals surface area contributed by atoms with Gasteiger partial charge in [-0.05, 0) is 26.2 Å². The lowest BCUT2D eigenvalue weighted by atomic mass is 11.8. The van der Waals surface area contributed by atoms with Gasteiger partial charge in [-0.15, -0.1) is 0 Å². The highest BCUT2D eigenvalue weighted by molar-refractivity contribution is 6.75. The summed E-state index contributed by atoms with van der Waals surface area (Å²) in [5, 5.41) is 0. The van der Waals surface area contributed by atoms with Crippen LogP contribution in [0.3, 0.4) is 0 Å². The van der Waals surface area contributed by atoms with Crippen LogP contribution in [0.5, 0.6) is 0 Å². The lowest BCUT2D eigenvalue weighted by molar-refractivity contribution is 0.279. The highest BCUT2D eigenvalue weighted by Gasteiger charge is 2.18. The van der Waals surface area contributed by atoms with E-state index < -0.39 is 17.6 Å². The van der Waals surface area contributed by atoms with Gasteiger partial charge in [0.2, 0.25) is 0 Å². The molecule has 0 fully saturated rings. The molecule has 0 rings (SSSR count). The maximum absolute atomic E-state index is 5.52. The minimum Gasteiger partial charge on any atom is -0.438 e. The molecule has 0 bridgehead atoms. The van der Waals surface area contributed by atoms with Crippen molar-refractivity contribution in [1.29, 1.82) is 0 Å². The van der Waals surface area contributed by atoms with Crippen molar-refractivity contribution in [1.82, 2.24) is 0 Å². The molecule has 1 atom stereocenters. The summed E-state index contributed by atoms with van der Waals surface area (Å²) >= 11 is 0. The van der Waals surface area contributed by atoms with Gasteiger partial charge in [-0.1, -0.05) is 0 Å². The normalized spacial score (nSPS) is 15.7. The molecule has 0 aromatic rings. The zero-order valence-corrected chi connectivity index (χ0v) is 8.63. The predicted octanol–water partition coefficient (Wildman–Crippen LogP) is 0.578. The Kier molecular flexibility index (Phi) is 3.60. The van der Waals surface area contributed by atoms with Crippen molar-refractivity contribution in [2.45, 2.75) is 26.2 Å². The molecule has 0 spiro atoms. The molecule has 0 saturated heterocycles. The zero-order valence-electron chi connectivity index (χ0n) is 6.47. The molecule has 0 heterocycles. The summed E-state index contributed by atoms with van der Waals surface area (Å²) < 4.78 is 10.1. The number of nitrogens with two attached hydrogens (primary N) is 1. The van der Waals surface area contributed by atoms with E-state index in [-0.39, 0.29) is 0 Å². The molecule has 56 valence electrons. The minimum absolute atomic E-state index is 1.38. The van der Waals surface area contributed by atoms with Gasteiger partial charge in [0.25, 0.3) is 0 Å². The Morgan fingerprint density at radius 3 is 1.89 bits per heavy atom. The quantitative estimate of drug-likeness (QED) is 0.491. The Balaban J connectivity index is 3.47. The molecule has 2 N–H and O–H groups in total. The van der Waals surface area contributed by atoms with E-state index in [2.05, 4.69) is 24.2 Å². The lowest BCUT2D eigenvalue weighted by Crippen LogP contribution is -2.36. The number of hydrogen-bond acceptors (Lipinski definition) is 3. The van der Waals surface area contributed by atoms with Crippen LogP contribution in [0.25, 0.3) is 0 Å². The van der Waals surface area contributed by atoms with Crippen molar-refractivity contribution >= 4 is 17.6 Å². The van der Waals surface area contributed by atoms with Crippen LogP contribution in [0.4, 0.5) is 0 Å². The average molecular weight is 165 g/mol. The van der Waals surface area contributed by atoms with Crippen molar-refractivity contribution in [2.24, 2.45) is 5.90 Å². The lowest BCUT2D eigenvalue weighted by Gasteiger charge is -2.20. The highest BCUT2D eigenvalue weighted by Crippen LogP contribution is 2.03. The van der Waals surface area contributed by atoms with E-state index >= 15 is 0 Å². The topological polar surface area (TPSA) is 44.5 Å². The van der Waals surface area contributed by atoms with Gasteiger partial charge in [-0.3, -0.25) is 0 Å². The summed E-state index contributed by atoms with van der Waals surface area (Å²) in [7, 11) is -2.85. The number of rotatable bonds is 3. The van der Waals surface area contributed by atoms with E-state index in [1.54, 1.807) is 0 Å². The molecule has 5 heteroatoms. The van der Waals surface area contributed by atoms with E-state index in [9.17, 15) is 0 Å². The molecule has 0 amide bonds. The van der Waals surface area contributed by atoms with Gasteiger partial charge < -0.3 is 8.64 Å². The van der Waals surface area contributed by atoms with Crippen molar-refractivity contribution in [2.75, 3.05) is 0 Å². The molecule has 0 aliphatic carbocycles. The van der Waals surface area contributed by atoms with Crippen LogP contribution >= 0.6 is 0 Å². The Bertz CT molecular complexity index is 83.1. The average Bonchev–Trinajstić information content (AvgIpc) is 1.62. The maximum Gasteiger partial charge on any atom is 0.328 e. The summed E-state index contributed by atoms with van der Waals surface area (Å²) in [5.41, 5.74) is 0. The summed E-state index contributed by atoms with van der Waals surface area (Å²) in [6, 6.07) is 0. The second kappa shape index (κ2) is 3.47. The fourth-order valence-corrected chi connectivity index (χ4v) is 4.73. The van der Waals surface area contributed by atoms with Gasteiger partial charge in [0.1, 0.15) is 0 Å². The first-order valence-corrected chi connectivity index (χ1v) is 8.49. The van der Waals surface area contributed by atoms with Crippen LogP contribution in [-0.2, 0) is 8.64 Å². The Hall–Kier alpha value is 0.314. The fraction of sp³-hybridized carbons (Fsp3) is 1.00.